The first-order valence-corrected chi connectivity index (χ1v) is 5.79. The number of aromatic nitrogens is 2. The van der Waals surface area contributed by atoms with E-state index in [0.717, 1.165) is 20.3 Å². The van der Waals surface area contributed by atoms with Crippen LogP contribution in [0.2, 0.25) is 0 Å². The lowest BCUT2D eigenvalue weighted by Crippen LogP contribution is -2.19. The standard InChI is InChI=1S/C11H8N4OS/c16-6-14-15-11-10-9(12-5-13-11)7-3-1-2-4-8(7)17-10/h1-6H,(H,14,16)(H,12,13,15). The summed E-state index contributed by atoms with van der Waals surface area (Å²) in [6.07, 6.45) is 2.05. The van der Waals surface area contributed by atoms with Crippen LogP contribution in [0.5, 0.6) is 0 Å². The van der Waals surface area contributed by atoms with Gasteiger partial charge in [0.05, 0.1) is 10.2 Å². The molecule has 3 rings (SSSR count). The molecule has 2 heterocycles. The molecule has 0 aliphatic heterocycles. The van der Waals surface area contributed by atoms with Crippen LogP contribution in [0, 0.1) is 0 Å². The molecule has 3 aromatic rings. The van der Waals surface area contributed by atoms with Crippen LogP contribution in [0.25, 0.3) is 20.3 Å². The average molecular weight is 244 g/mol. The minimum atomic E-state index is 0.571. The maximum absolute atomic E-state index is 10.3. The Morgan fingerprint density at radius 2 is 2.12 bits per heavy atom. The molecule has 0 saturated carbocycles. The normalized spacial score (nSPS) is 10.6. The van der Waals surface area contributed by atoms with Gasteiger partial charge in [-0.2, -0.15) is 0 Å². The predicted molar refractivity (Wildman–Crippen MR) is 67.7 cm³/mol. The molecule has 17 heavy (non-hydrogen) atoms. The van der Waals surface area contributed by atoms with Gasteiger partial charge in [-0.15, -0.1) is 11.3 Å². The van der Waals surface area contributed by atoms with Crippen LogP contribution < -0.4 is 10.9 Å². The van der Waals surface area contributed by atoms with Gasteiger partial charge < -0.3 is 0 Å². The number of rotatable bonds is 3. The van der Waals surface area contributed by atoms with E-state index in [1.165, 1.54) is 6.33 Å². The number of carbonyl (C=O) groups is 1. The highest BCUT2D eigenvalue weighted by Crippen LogP contribution is 2.35. The first-order chi connectivity index (χ1) is 8.40. The number of amides is 1. The van der Waals surface area contributed by atoms with Crippen LogP contribution in [-0.2, 0) is 4.79 Å². The average Bonchev–Trinajstić information content (AvgIpc) is 2.75. The molecule has 0 aliphatic rings. The van der Waals surface area contributed by atoms with Gasteiger partial charge in [0.15, 0.2) is 5.82 Å². The Kier molecular flexibility index (Phi) is 2.34. The first kappa shape index (κ1) is 9.98. The third kappa shape index (κ3) is 1.58. The summed E-state index contributed by atoms with van der Waals surface area (Å²) in [4.78, 5) is 18.7. The highest BCUT2D eigenvalue weighted by atomic mass is 32.1. The van der Waals surface area contributed by atoms with Crippen LogP contribution in [0.3, 0.4) is 0 Å². The Morgan fingerprint density at radius 3 is 3.00 bits per heavy atom. The number of carbonyl (C=O) groups excluding carboxylic acids is 1. The molecule has 0 fully saturated rings. The Labute approximate surface area is 100 Å². The van der Waals surface area contributed by atoms with E-state index in [0.29, 0.717) is 12.2 Å². The lowest BCUT2D eigenvalue weighted by Gasteiger charge is -2.02. The smallest absolute Gasteiger partial charge is 0.225 e. The van der Waals surface area contributed by atoms with Gasteiger partial charge in [-0.05, 0) is 6.07 Å². The van der Waals surface area contributed by atoms with E-state index >= 15 is 0 Å². The molecule has 5 nitrogen and oxygen atoms in total. The van der Waals surface area contributed by atoms with Crippen molar-refractivity contribution in [3.63, 3.8) is 0 Å². The van der Waals surface area contributed by atoms with Crippen molar-refractivity contribution >= 4 is 43.9 Å². The van der Waals surface area contributed by atoms with Gasteiger partial charge >= 0.3 is 0 Å². The van der Waals surface area contributed by atoms with Crippen molar-refractivity contribution < 1.29 is 4.79 Å². The SMILES string of the molecule is O=CNNc1ncnc2c1sc1ccccc12. The maximum Gasteiger partial charge on any atom is 0.225 e. The van der Waals surface area contributed by atoms with Crippen LogP contribution in [0.15, 0.2) is 30.6 Å². The molecule has 0 bridgehead atoms. The van der Waals surface area contributed by atoms with Gasteiger partial charge in [0, 0.05) is 10.1 Å². The molecule has 0 radical (unpaired) electrons. The van der Waals surface area contributed by atoms with Crippen molar-refractivity contribution in [2.24, 2.45) is 0 Å². The van der Waals surface area contributed by atoms with Gasteiger partial charge in [0.25, 0.3) is 0 Å². The quantitative estimate of drug-likeness (QED) is 0.545. The van der Waals surface area contributed by atoms with Crippen LogP contribution in [0.1, 0.15) is 0 Å². The maximum atomic E-state index is 10.3. The number of fused-ring (bicyclic) bond motifs is 3. The fraction of sp³-hybridized carbons (Fsp3) is 0. The number of nitrogens with zero attached hydrogens (tertiary/aromatic N) is 2. The summed E-state index contributed by atoms with van der Waals surface area (Å²) in [5.41, 5.74) is 6.03. The molecule has 6 heteroatoms. The van der Waals surface area contributed by atoms with Gasteiger partial charge in [-0.1, -0.05) is 18.2 Å². The second-order valence-electron chi connectivity index (χ2n) is 3.39. The zero-order valence-corrected chi connectivity index (χ0v) is 9.49. The predicted octanol–water partition coefficient (Wildman–Crippen LogP) is 1.92. The van der Waals surface area contributed by atoms with Crippen LogP contribution in [-0.4, -0.2) is 16.4 Å². The molecule has 2 N–H and O–H groups in total. The zero-order valence-electron chi connectivity index (χ0n) is 8.68. The summed E-state index contributed by atoms with van der Waals surface area (Å²) in [6, 6.07) is 8.03. The molecule has 1 amide bonds. The number of thiophene rings is 1. The number of benzene rings is 1. The lowest BCUT2D eigenvalue weighted by atomic mass is 10.2. The summed E-state index contributed by atoms with van der Waals surface area (Å²) < 4.78 is 2.08. The van der Waals surface area contributed by atoms with Crippen molar-refractivity contribution in [2.45, 2.75) is 0 Å². The first-order valence-electron chi connectivity index (χ1n) is 4.97. The van der Waals surface area contributed by atoms with Gasteiger partial charge in [0.2, 0.25) is 6.41 Å². The number of anilines is 1. The minimum Gasteiger partial charge on any atom is -0.281 e. The Balaban J connectivity index is 2.27. The number of nitrogens with one attached hydrogen (secondary N) is 2. The summed E-state index contributed by atoms with van der Waals surface area (Å²) in [5, 5.41) is 1.10. The summed E-state index contributed by atoms with van der Waals surface area (Å²) in [5.74, 6) is 0.614. The second-order valence-corrected chi connectivity index (χ2v) is 4.44. The number of hydrogen-bond acceptors (Lipinski definition) is 5. The molecular weight excluding hydrogens is 236 g/mol. The highest BCUT2D eigenvalue weighted by Gasteiger charge is 2.09. The highest BCUT2D eigenvalue weighted by molar-refractivity contribution is 7.26. The van der Waals surface area contributed by atoms with Crippen molar-refractivity contribution in [3.05, 3.63) is 30.6 Å². The van der Waals surface area contributed by atoms with Crippen molar-refractivity contribution in [3.8, 4) is 0 Å². The van der Waals surface area contributed by atoms with Crippen molar-refractivity contribution in [2.75, 3.05) is 5.43 Å². The molecular formula is C11H8N4OS. The molecule has 0 atom stereocenters. The van der Waals surface area contributed by atoms with E-state index < -0.39 is 0 Å². The van der Waals surface area contributed by atoms with E-state index in [-0.39, 0.29) is 0 Å². The van der Waals surface area contributed by atoms with E-state index in [4.69, 9.17) is 0 Å². The zero-order chi connectivity index (χ0) is 11.7. The van der Waals surface area contributed by atoms with Crippen molar-refractivity contribution in [1.29, 1.82) is 0 Å². The number of hydrazine groups is 1. The van der Waals surface area contributed by atoms with Crippen LogP contribution >= 0.6 is 11.3 Å². The summed E-state index contributed by atoms with van der Waals surface area (Å²) in [7, 11) is 0. The lowest BCUT2D eigenvalue weighted by molar-refractivity contribution is -0.109. The molecule has 0 spiro atoms. The third-order valence-corrected chi connectivity index (χ3v) is 3.57. The minimum absolute atomic E-state index is 0.571. The van der Waals surface area contributed by atoms with Gasteiger partial charge in [0.1, 0.15) is 6.33 Å². The summed E-state index contributed by atoms with van der Waals surface area (Å²) in [6.45, 7) is 0. The fourth-order valence-electron chi connectivity index (χ4n) is 1.71. The Bertz CT molecular complexity index is 694. The van der Waals surface area contributed by atoms with E-state index in [1.54, 1.807) is 11.3 Å². The van der Waals surface area contributed by atoms with E-state index in [9.17, 15) is 4.79 Å². The largest absolute Gasteiger partial charge is 0.281 e. The van der Waals surface area contributed by atoms with Gasteiger partial charge in [-0.25, -0.2) is 9.97 Å². The molecule has 2 aromatic heterocycles. The van der Waals surface area contributed by atoms with Gasteiger partial charge in [-0.3, -0.25) is 15.6 Å². The van der Waals surface area contributed by atoms with E-state index in [1.807, 2.05) is 24.3 Å². The molecule has 84 valence electrons. The molecule has 0 aliphatic carbocycles. The fourth-order valence-corrected chi connectivity index (χ4v) is 2.81. The molecule has 0 saturated heterocycles. The topological polar surface area (TPSA) is 66.9 Å². The third-order valence-electron chi connectivity index (χ3n) is 2.41. The Morgan fingerprint density at radius 1 is 1.24 bits per heavy atom. The number of hydrogen-bond donors (Lipinski definition) is 2. The molecule has 0 unspecified atom stereocenters. The monoisotopic (exact) mass is 244 g/mol. The molecule has 1 aromatic carbocycles. The Hall–Kier alpha value is -2.21. The van der Waals surface area contributed by atoms with Crippen LogP contribution in [0.4, 0.5) is 5.82 Å². The van der Waals surface area contributed by atoms with E-state index in [2.05, 4.69) is 20.8 Å². The summed E-state index contributed by atoms with van der Waals surface area (Å²) >= 11 is 1.60. The van der Waals surface area contributed by atoms with Crippen molar-refractivity contribution in [1.82, 2.24) is 15.4 Å². The second kappa shape index (κ2) is 3.99.